The fraction of sp³-hybridized carbons (Fsp3) is 0.600. The van der Waals surface area contributed by atoms with Crippen LogP contribution in [0.3, 0.4) is 0 Å². The van der Waals surface area contributed by atoms with Gasteiger partial charge in [-0.3, -0.25) is 0 Å². The molecule has 0 saturated carbocycles. The summed E-state index contributed by atoms with van der Waals surface area (Å²) in [6.45, 7) is 5.34. The van der Waals surface area contributed by atoms with Crippen molar-refractivity contribution in [2.75, 3.05) is 19.7 Å². The van der Waals surface area contributed by atoms with Crippen LogP contribution in [0.15, 0.2) is 30.3 Å². The van der Waals surface area contributed by atoms with Crippen LogP contribution in [0.4, 0.5) is 0 Å². The zero-order valence-electron chi connectivity index (χ0n) is 10.7. The third-order valence-corrected chi connectivity index (χ3v) is 3.54. The molecule has 0 amide bonds. The van der Waals surface area contributed by atoms with Gasteiger partial charge in [-0.25, -0.2) is 0 Å². The van der Waals surface area contributed by atoms with Gasteiger partial charge in [0.15, 0.2) is 0 Å². The molecule has 17 heavy (non-hydrogen) atoms. The molecule has 1 aromatic carbocycles. The van der Waals surface area contributed by atoms with Crippen LogP contribution in [0.25, 0.3) is 0 Å². The van der Waals surface area contributed by atoms with Gasteiger partial charge in [-0.1, -0.05) is 37.3 Å². The van der Waals surface area contributed by atoms with E-state index in [1.807, 2.05) is 0 Å². The fourth-order valence-corrected chi connectivity index (χ4v) is 2.34. The minimum absolute atomic E-state index is 0.416. The Morgan fingerprint density at radius 2 is 2.12 bits per heavy atom. The van der Waals surface area contributed by atoms with Crippen molar-refractivity contribution >= 4 is 0 Å². The van der Waals surface area contributed by atoms with Crippen LogP contribution in [-0.2, 0) is 11.2 Å². The minimum Gasteiger partial charge on any atom is -0.377 e. The van der Waals surface area contributed by atoms with Crippen LogP contribution in [0, 0.1) is 5.92 Å². The van der Waals surface area contributed by atoms with E-state index in [1.165, 1.54) is 12.0 Å². The zero-order chi connectivity index (χ0) is 11.9. The van der Waals surface area contributed by atoms with Crippen LogP contribution >= 0.6 is 0 Å². The first-order chi connectivity index (χ1) is 8.36. The van der Waals surface area contributed by atoms with E-state index in [0.717, 1.165) is 32.5 Å². The van der Waals surface area contributed by atoms with Crippen molar-refractivity contribution in [3.63, 3.8) is 0 Å². The number of hydrogen-bond acceptors (Lipinski definition) is 2. The Morgan fingerprint density at radius 3 is 2.88 bits per heavy atom. The second-order valence-electron chi connectivity index (χ2n) is 4.97. The molecule has 1 N–H and O–H groups in total. The van der Waals surface area contributed by atoms with Gasteiger partial charge in [0.25, 0.3) is 0 Å². The van der Waals surface area contributed by atoms with Gasteiger partial charge in [-0.2, -0.15) is 0 Å². The summed E-state index contributed by atoms with van der Waals surface area (Å²) in [4.78, 5) is 0. The molecule has 1 saturated heterocycles. The van der Waals surface area contributed by atoms with Gasteiger partial charge in [0.2, 0.25) is 0 Å². The summed E-state index contributed by atoms with van der Waals surface area (Å²) in [6.07, 6.45) is 3.89. The lowest BCUT2D eigenvalue weighted by Crippen LogP contribution is -2.41. The predicted octanol–water partition coefficient (Wildman–Crippen LogP) is 2.63. The normalized spacial score (nSPS) is 24.8. The molecule has 0 aromatic heterocycles. The highest BCUT2D eigenvalue weighted by atomic mass is 16.5. The van der Waals surface area contributed by atoms with Crippen molar-refractivity contribution in [2.24, 2.45) is 5.92 Å². The summed E-state index contributed by atoms with van der Waals surface area (Å²) in [5.41, 5.74) is 1.41. The van der Waals surface area contributed by atoms with E-state index < -0.39 is 0 Å². The number of hydrogen-bond donors (Lipinski definition) is 1. The first kappa shape index (κ1) is 12.6. The van der Waals surface area contributed by atoms with Crippen molar-refractivity contribution in [2.45, 2.75) is 32.3 Å². The molecule has 1 fully saturated rings. The molecule has 2 rings (SSSR count). The predicted molar refractivity (Wildman–Crippen MR) is 71.2 cm³/mol. The van der Waals surface area contributed by atoms with E-state index in [2.05, 4.69) is 42.6 Å². The summed E-state index contributed by atoms with van der Waals surface area (Å²) < 4.78 is 5.95. The van der Waals surface area contributed by atoms with Crippen LogP contribution in [0.1, 0.15) is 25.3 Å². The summed E-state index contributed by atoms with van der Waals surface area (Å²) >= 11 is 0. The van der Waals surface area contributed by atoms with E-state index in [4.69, 9.17) is 4.74 Å². The highest BCUT2D eigenvalue weighted by Crippen LogP contribution is 2.15. The number of nitrogens with one attached hydrogen (secondary N) is 1. The second kappa shape index (κ2) is 6.77. The topological polar surface area (TPSA) is 21.3 Å². The quantitative estimate of drug-likeness (QED) is 0.789. The number of ether oxygens (including phenoxy) is 1. The molecule has 2 unspecified atom stereocenters. The summed E-state index contributed by atoms with van der Waals surface area (Å²) in [5, 5.41) is 3.40. The van der Waals surface area contributed by atoms with Gasteiger partial charge >= 0.3 is 0 Å². The molecular weight excluding hydrogens is 210 g/mol. The van der Waals surface area contributed by atoms with Gasteiger partial charge in [0.1, 0.15) is 0 Å². The lowest BCUT2D eigenvalue weighted by molar-refractivity contribution is 0.00319. The van der Waals surface area contributed by atoms with Gasteiger partial charge in [-0.15, -0.1) is 0 Å². The molecule has 2 heteroatoms. The van der Waals surface area contributed by atoms with E-state index in [-0.39, 0.29) is 0 Å². The SMILES string of the molecule is CC1CCNCC1OCCCc1ccccc1. The fourth-order valence-electron chi connectivity index (χ4n) is 2.34. The number of aryl methyl sites for hydroxylation is 1. The molecule has 0 spiro atoms. The first-order valence-electron chi connectivity index (χ1n) is 6.72. The van der Waals surface area contributed by atoms with Crippen LogP contribution in [0.2, 0.25) is 0 Å². The Balaban J connectivity index is 1.63. The maximum absolute atomic E-state index is 5.95. The van der Waals surface area contributed by atoms with Gasteiger partial charge in [0.05, 0.1) is 6.10 Å². The Labute approximate surface area is 104 Å². The van der Waals surface area contributed by atoms with Gasteiger partial charge < -0.3 is 10.1 Å². The Morgan fingerprint density at radius 1 is 1.29 bits per heavy atom. The third-order valence-electron chi connectivity index (χ3n) is 3.54. The number of benzene rings is 1. The summed E-state index contributed by atoms with van der Waals surface area (Å²) in [7, 11) is 0. The van der Waals surface area contributed by atoms with Crippen molar-refractivity contribution < 1.29 is 4.74 Å². The lowest BCUT2D eigenvalue weighted by atomic mass is 9.97. The van der Waals surface area contributed by atoms with Crippen molar-refractivity contribution in [1.82, 2.24) is 5.32 Å². The zero-order valence-corrected chi connectivity index (χ0v) is 10.7. The molecule has 1 aliphatic rings. The highest BCUT2D eigenvalue weighted by molar-refractivity contribution is 5.14. The molecule has 0 bridgehead atoms. The lowest BCUT2D eigenvalue weighted by Gasteiger charge is -2.29. The maximum Gasteiger partial charge on any atom is 0.0725 e. The molecule has 0 aliphatic carbocycles. The van der Waals surface area contributed by atoms with Crippen LogP contribution < -0.4 is 5.32 Å². The standard InChI is InChI=1S/C15H23NO/c1-13-9-10-16-12-15(13)17-11-5-8-14-6-3-2-4-7-14/h2-4,6-7,13,15-16H,5,8-12H2,1H3. The molecule has 2 atom stereocenters. The summed E-state index contributed by atoms with van der Waals surface area (Å²) in [5.74, 6) is 0.702. The van der Waals surface area contributed by atoms with Crippen LogP contribution in [-0.4, -0.2) is 25.8 Å². The van der Waals surface area contributed by atoms with E-state index in [0.29, 0.717) is 12.0 Å². The number of rotatable bonds is 5. The third kappa shape index (κ3) is 4.14. The Hall–Kier alpha value is -0.860. The van der Waals surface area contributed by atoms with Crippen molar-refractivity contribution in [3.8, 4) is 0 Å². The van der Waals surface area contributed by atoms with Crippen molar-refractivity contribution in [1.29, 1.82) is 0 Å². The molecular formula is C15H23NO. The summed E-state index contributed by atoms with van der Waals surface area (Å²) in [6, 6.07) is 10.6. The maximum atomic E-state index is 5.95. The number of piperidine rings is 1. The monoisotopic (exact) mass is 233 g/mol. The molecule has 1 heterocycles. The Bertz CT molecular complexity index is 312. The van der Waals surface area contributed by atoms with Gasteiger partial charge in [-0.05, 0) is 37.3 Å². The molecule has 1 aromatic rings. The average molecular weight is 233 g/mol. The second-order valence-corrected chi connectivity index (χ2v) is 4.97. The van der Waals surface area contributed by atoms with Crippen molar-refractivity contribution in [3.05, 3.63) is 35.9 Å². The minimum atomic E-state index is 0.416. The van der Waals surface area contributed by atoms with E-state index >= 15 is 0 Å². The average Bonchev–Trinajstić information content (AvgIpc) is 2.38. The molecule has 2 nitrogen and oxygen atoms in total. The van der Waals surface area contributed by atoms with Crippen LogP contribution in [0.5, 0.6) is 0 Å². The Kier molecular flexibility index (Phi) is 5.02. The smallest absolute Gasteiger partial charge is 0.0725 e. The largest absolute Gasteiger partial charge is 0.377 e. The first-order valence-corrected chi connectivity index (χ1v) is 6.72. The molecule has 0 radical (unpaired) electrons. The molecule has 1 aliphatic heterocycles. The van der Waals surface area contributed by atoms with E-state index in [1.54, 1.807) is 0 Å². The molecule has 94 valence electrons. The highest BCUT2D eigenvalue weighted by Gasteiger charge is 2.20. The van der Waals surface area contributed by atoms with Gasteiger partial charge in [0, 0.05) is 13.2 Å². The van der Waals surface area contributed by atoms with E-state index in [9.17, 15) is 0 Å².